The van der Waals surface area contributed by atoms with Crippen LogP contribution in [0.25, 0.3) is 0 Å². The van der Waals surface area contributed by atoms with Crippen LogP contribution in [0.5, 0.6) is 0 Å². The first-order valence-electron chi connectivity index (χ1n) is 6.80. The Labute approximate surface area is 120 Å². The van der Waals surface area contributed by atoms with E-state index in [9.17, 15) is 4.79 Å². The lowest BCUT2D eigenvalue weighted by atomic mass is 9.89. The van der Waals surface area contributed by atoms with Gasteiger partial charge in [-0.3, -0.25) is 4.79 Å². The average molecular weight is 281 g/mol. The summed E-state index contributed by atoms with van der Waals surface area (Å²) in [6.45, 7) is 4.55. The van der Waals surface area contributed by atoms with Gasteiger partial charge in [0.25, 0.3) is 0 Å². The second kappa shape index (κ2) is 5.51. The molecule has 3 nitrogen and oxygen atoms in total. The molecule has 1 N–H and O–H groups in total. The topological polar surface area (TPSA) is 32.3 Å². The van der Waals surface area contributed by atoms with Crippen molar-refractivity contribution in [2.75, 3.05) is 6.54 Å². The molecule has 4 heteroatoms. The molecule has 1 aromatic carbocycles. The minimum absolute atomic E-state index is 0. The van der Waals surface area contributed by atoms with Crippen molar-refractivity contribution in [1.82, 2.24) is 10.2 Å². The highest BCUT2D eigenvalue weighted by molar-refractivity contribution is 5.86. The zero-order chi connectivity index (χ0) is 12.6. The molecule has 2 heterocycles. The number of nitrogens with one attached hydrogen (secondary N) is 1. The Morgan fingerprint density at radius 2 is 1.84 bits per heavy atom. The standard InChI is InChI=1S/C15H20N2O.ClH/c1-15(8-4-5-9-16-15)14(18)17-10-12-6-2-3-7-13(12)11-17;/h2-3,6-7,16H,4-5,8-11H2,1H3;1H. The summed E-state index contributed by atoms with van der Waals surface area (Å²) in [4.78, 5) is 14.6. The molecule has 3 rings (SSSR count). The van der Waals surface area contributed by atoms with Crippen LogP contribution < -0.4 is 5.32 Å². The number of nitrogens with zero attached hydrogens (tertiary/aromatic N) is 1. The van der Waals surface area contributed by atoms with Crippen molar-refractivity contribution in [1.29, 1.82) is 0 Å². The lowest BCUT2D eigenvalue weighted by molar-refractivity contribution is -0.139. The van der Waals surface area contributed by atoms with Crippen molar-refractivity contribution in [2.45, 2.75) is 44.8 Å². The zero-order valence-corrected chi connectivity index (χ0v) is 12.1. The molecule has 0 spiro atoms. The van der Waals surface area contributed by atoms with Gasteiger partial charge in [-0.2, -0.15) is 0 Å². The van der Waals surface area contributed by atoms with Crippen LogP contribution in [0.1, 0.15) is 37.3 Å². The Bertz CT molecular complexity index is 444. The van der Waals surface area contributed by atoms with Crippen molar-refractivity contribution in [3.8, 4) is 0 Å². The Morgan fingerprint density at radius 3 is 2.37 bits per heavy atom. The third-order valence-corrected chi connectivity index (χ3v) is 4.22. The zero-order valence-electron chi connectivity index (χ0n) is 11.3. The minimum Gasteiger partial charge on any atom is -0.332 e. The fraction of sp³-hybridized carbons (Fsp3) is 0.533. The molecule has 2 aliphatic heterocycles. The van der Waals surface area contributed by atoms with Crippen LogP contribution in [0.2, 0.25) is 0 Å². The van der Waals surface area contributed by atoms with E-state index in [2.05, 4.69) is 24.4 Å². The second-order valence-electron chi connectivity index (χ2n) is 5.65. The van der Waals surface area contributed by atoms with Gasteiger partial charge in [0.1, 0.15) is 0 Å². The van der Waals surface area contributed by atoms with E-state index in [-0.39, 0.29) is 23.9 Å². The molecule has 2 aliphatic rings. The normalized spacial score (nSPS) is 25.6. The molecule has 1 atom stereocenters. The van der Waals surface area contributed by atoms with Crippen LogP contribution in [-0.2, 0) is 17.9 Å². The van der Waals surface area contributed by atoms with Gasteiger partial charge in [-0.15, -0.1) is 12.4 Å². The van der Waals surface area contributed by atoms with Gasteiger partial charge >= 0.3 is 0 Å². The van der Waals surface area contributed by atoms with E-state index in [4.69, 9.17) is 0 Å². The minimum atomic E-state index is -0.347. The molecule has 19 heavy (non-hydrogen) atoms. The molecule has 0 aromatic heterocycles. The highest BCUT2D eigenvalue weighted by atomic mass is 35.5. The number of hydrogen-bond acceptors (Lipinski definition) is 2. The Balaban J connectivity index is 0.00000133. The molecule has 1 fully saturated rings. The number of rotatable bonds is 1. The van der Waals surface area contributed by atoms with Gasteiger partial charge in [0, 0.05) is 13.1 Å². The van der Waals surface area contributed by atoms with Gasteiger partial charge in [-0.25, -0.2) is 0 Å². The van der Waals surface area contributed by atoms with E-state index >= 15 is 0 Å². The molecule has 0 aliphatic carbocycles. The molecule has 1 unspecified atom stereocenters. The Kier molecular flexibility index (Phi) is 4.16. The first-order chi connectivity index (χ1) is 8.69. The largest absolute Gasteiger partial charge is 0.332 e. The Hall–Kier alpha value is -1.06. The van der Waals surface area contributed by atoms with Crippen LogP contribution >= 0.6 is 12.4 Å². The van der Waals surface area contributed by atoms with E-state index in [1.807, 2.05) is 17.0 Å². The monoisotopic (exact) mass is 280 g/mol. The van der Waals surface area contributed by atoms with Crippen molar-refractivity contribution in [3.05, 3.63) is 35.4 Å². The SMILES string of the molecule is CC1(C(=O)N2Cc3ccccc3C2)CCCCN1.Cl. The van der Waals surface area contributed by atoms with Crippen molar-refractivity contribution in [2.24, 2.45) is 0 Å². The lowest BCUT2D eigenvalue weighted by Gasteiger charge is -2.36. The predicted molar refractivity (Wildman–Crippen MR) is 78.2 cm³/mol. The molecular formula is C15H21ClN2O. The summed E-state index contributed by atoms with van der Waals surface area (Å²) in [5, 5.41) is 3.41. The maximum absolute atomic E-state index is 12.7. The van der Waals surface area contributed by atoms with Gasteiger partial charge in [0.05, 0.1) is 5.54 Å². The lowest BCUT2D eigenvalue weighted by Crippen LogP contribution is -2.56. The number of amides is 1. The summed E-state index contributed by atoms with van der Waals surface area (Å²) in [5.41, 5.74) is 2.25. The third-order valence-electron chi connectivity index (χ3n) is 4.22. The number of carbonyl (C=O) groups excluding carboxylic acids is 1. The number of benzene rings is 1. The number of hydrogen-bond donors (Lipinski definition) is 1. The van der Waals surface area contributed by atoms with Crippen LogP contribution in [0.15, 0.2) is 24.3 Å². The maximum Gasteiger partial charge on any atom is 0.243 e. The summed E-state index contributed by atoms with van der Waals surface area (Å²) in [7, 11) is 0. The van der Waals surface area contributed by atoms with E-state index < -0.39 is 0 Å². The van der Waals surface area contributed by atoms with Gasteiger partial charge in [0.2, 0.25) is 5.91 Å². The van der Waals surface area contributed by atoms with Crippen LogP contribution in [0.4, 0.5) is 0 Å². The highest BCUT2D eigenvalue weighted by Gasteiger charge is 2.39. The molecule has 0 bridgehead atoms. The highest BCUT2D eigenvalue weighted by Crippen LogP contribution is 2.28. The van der Waals surface area contributed by atoms with Gasteiger partial charge < -0.3 is 10.2 Å². The number of halogens is 1. The van der Waals surface area contributed by atoms with E-state index in [0.29, 0.717) is 0 Å². The van der Waals surface area contributed by atoms with Crippen molar-refractivity contribution < 1.29 is 4.79 Å². The van der Waals surface area contributed by atoms with Crippen molar-refractivity contribution >= 4 is 18.3 Å². The molecule has 1 aromatic rings. The van der Waals surface area contributed by atoms with E-state index in [1.165, 1.54) is 17.5 Å². The molecule has 0 radical (unpaired) electrons. The first-order valence-corrected chi connectivity index (χ1v) is 6.80. The number of piperidine rings is 1. The molecule has 1 amide bonds. The number of fused-ring (bicyclic) bond motifs is 1. The smallest absolute Gasteiger partial charge is 0.243 e. The number of carbonyl (C=O) groups is 1. The molecule has 104 valence electrons. The summed E-state index contributed by atoms with van der Waals surface area (Å²) in [6.07, 6.45) is 3.29. The summed E-state index contributed by atoms with van der Waals surface area (Å²) in [6, 6.07) is 8.35. The Morgan fingerprint density at radius 1 is 1.21 bits per heavy atom. The third kappa shape index (κ3) is 2.63. The van der Waals surface area contributed by atoms with Crippen LogP contribution in [-0.4, -0.2) is 22.9 Å². The van der Waals surface area contributed by atoms with Crippen molar-refractivity contribution in [3.63, 3.8) is 0 Å². The molecule has 1 saturated heterocycles. The van der Waals surface area contributed by atoms with E-state index in [1.54, 1.807) is 0 Å². The average Bonchev–Trinajstić information content (AvgIpc) is 2.82. The second-order valence-corrected chi connectivity index (χ2v) is 5.65. The molecular weight excluding hydrogens is 260 g/mol. The fourth-order valence-electron chi connectivity index (χ4n) is 3.06. The van der Waals surface area contributed by atoms with Gasteiger partial charge in [-0.05, 0) is 43.9 Å². The summed E-state index contributed by atoms with van der Waals surface area (Å²) in [5.74, 6) is 0.262. The fourth-order valence-corrected chi connectivity index (χ4v) is 3.06. The predicted octanol–water partition coefficient (Wildman–Crippen LogP) is 2.48. The van der Waals surface area contributed by atoms with Gasteiger partial charge in [0.15, 0.2) is 0 Å². The summed E-state index contributed by atoms with van der Waals surface area (Å²) < 4.78 is 0. The van der Waals surface area contributed by atoms with E-state index in [0.717, 1.165) is 32.5 Å². The van der Waals surface area contributed by atoms with Gasteiger partial charge in [-0.1, -0.05) is 24.3 Å². The quantitative estimate of drug-likeness (QED) is 0.857. The maximum atomic E-state index is 12.7. The summed E-state index contributed by atoms with van der Waals surface area (Å²) >= 11 is 0. The first kappa shape index (κ1) is 14.4. The molecule has 0 saturated carbocycles. The van der Waals surface area contributed by atoms with Crippen LogP contribution in [0.3, 0.4) is 0 Å². The van der Waals surface area contributed by atoms with Crippen LogP contribution in [0, 0.1) is 0 Å².